The van der Waals surface area contributed by atoms with Crippen molar-refractivity contribution in [3.05, 3.63) is 148 Å². The number of hydrogen-bond acceptors (Lipinski definition) is 11. The van der Waals surface area contributed by atoms with Gasteiger partial charge in [0.25, 0.3) is 15.7 Å². The minimum atomic E-state index is -4.19. The molecule has 0 aliphatic carbocycles. The van der Waals surface area contributed by atoms with Crippen LogP contribution in [0.1, 0.15) is 29.8 Å². The zero-order valence-electron chi connectivity index (χ0n) is 36.4. The molecule has 3 heterocycles. The fourth-order valence-corrected chi connectivity index (χ4v) is 10.8. The average Bonchev–Trinajstić information content (AvgIpc) is 3.68. The zero-order valence-corrected chi connectivity index (χ0v) is 38.8. The lowest BCUT2D eigenvalue weighted by Gasteiger charge is -2.37. The Kier molecular flexibility index (Phi) is 14.5. The number of carbonyl (C=O) groups is 1. The summed E-state index contributed by atoms with van der Waals surface area (Å²) in [6, 6.07) is 36.1. The van der Waals surface area contributed by atoms with Crippen molar-refractivity contribution in [3.8, 4) is 22.3 Å². The second kappa shape index (κ2) is 20.6. The number of halogens is 1. The molecule has 5 aromatic carbocycles. The maximum Gasteiger partial charge on any atom is 0.353 e. The molecule has 14 nitrogen and oxygen atoms in total. The van der Waals surface area contributed by atoms with E-state index in [-0.39, 0.29) is 34.1 Å². The quantitative estimate of drug-likeness (QED) is 0.0389. The van der Waals surface area contributed by atoms with E-state index in [9.17, 15) is 33.5 Å². The van der Waals surface area contributed by atoms with Crippen molar-refractivity contribution in [2.45, 2.75) is 41.2 Å². The number of nitrogens with zero attached hydrogens (tertiary/aromatic N) is 5. The number of aliphatic hydroxyl groups excluding tert-OH is 1. The Bertz CT molecular complexity index is 2760. The lowest BCUT2D eigenvalue weighted by Crippen LogP contribution is -2.46. The highest BCUT2D eigenvalue weighted by molar-refractivity contribution is 7.99. The van der Waals surface area contributed by atoms with E-state index in [4.69, 9.17) is 11.6 Å². The van der Waals surface area contributed by atoms with E-state index in [0.717, 1.165) is 71.5 Å². The summed E-state index contributed by atoms with van der Waals surface area (Å²) in [5, 5.41) is 36.5. The molecule has 1 unspecified atom stereocenters. The van der Waals surface area contributed by atoms with Crippen molar-refractivity contribution in [3.63, 3.8) is 0 Å². The molecule has 2 saturated heterocycles. The summed E-state index contributed by atoms with van der Waals surface area (Å²) in [5.74, 6) is -0.380. The SMILES string of the molecule is Cn1cc(-c2ccc(Cl)cc2)c(-c2cccc(N3CCN(c4ccc(NS(=O)(=O)c5ccc(NC(CCN6CCC(O)CC6)CSc6ccccc6)c([N+](=O)[O-])c5)cc4)CC3)c2)c1C(=O)O. The van der Waals surface area contributed by atoms with Gasteiger partial charge in [-0.1, -0.05) is 54.1 Å². The van der Waals surface area contributed by atoms with Crippen LogP contribution in [0, 0.1) is 10.1 Å². The van der Waals surface area contributed by atoms with Crippen LogP contribution in [0.15, 0.2) is 137 Å². The number of piperazine rings is 1. The molecule has 1 atom stereocenters. The van der Waals surface area contributed by atoms with Gasteiger partial charge in [0.15, 0.2) is 0 Å². The molecule has 2 fully saturated rings. The van der Waals surface area contributed by atoms with E-state index >= 15 is 0 Å². The molecule has 8 rings (SSSR count). The largest absolute Gasteiger partial charge is 0.477 e. The molecule has 0 amide bonds. The number of sulfonamides is 1. The molecular weight excluding hydrogens is 898 g/mol. The summed E-state index contributed by atoms with van der Waals surface area (Å²) in [7, 11) is -2.46. The number of nitrogens with one attached hydrogen (secondary N) is 2. The van der Waals surface area contributed by atoms with Gasteiger partial charge >= 0.3 is 5.97 Å². The summed E-state index contributed by atoms with van der Waals surface area (Å²) in [4.78, 5) is 32.0. The van der Waals surface area contributed by atoms with Crippen molar-refractivity contribution >= 4 is 67.8 Å². The van der Waals surface area contributed by atoms with Gasteiger partial charge < -0.3 is 34.8 Å². The third-order valence-corrected chi connectivity index (χ3v) is 15.0. The number of carboxylic acid groups (broad SMARTS) is 1. The third-order valence-electron chi connectivity index (χ3n) is 12.2. The van der Waals surface area contributed by atoms with E-state index in [0.29, 0.717) is 54.6 Å². The van der Waals surface area contributed by atoms with Crippen LogP contribution in [0.3, 0.4) is 0 Å². The van der Waals surface area contributed by atoms with E-state index in [1.165, 1.54) is 12.1 Å². The first-order valence-electron chi connectivity index (χ1n) is 21.9. The highest BCUT2D eigenvalue weighted by Crippen LogP contribution is 2.39. The Balaban J connectivity index is 0.910. The van der Waals surface area contributed by atoms with Gasteiger partial charge in [-0.15, -0.1) is 11.8 Å². The van der Waals surface area contributed by atoms with Crippen LogP contribution in [-0.4, -0.2) is 103 Å². The van der Waals surface area contributed by atoms with Crippen molar-refractivity contribution < 1.29 is 28.3 Å². The molecule has 4 N–H and O–H groups in total. The molecule has 66 heavy (non-hydrogen) atoms. The number of aliphatic hydroxyl groups is 1. The second-order valence-corrected chi connectivity index (χ2v) is 19.8. The molecule has 0 radical (unpaired) electrons. The van der Waals surface area contributed by atoms with Crippen LogP contribution in [0.5, 0.6) is 0 Å². The van der Waals surface area contributed by atoms with Crippen LogP contribution < -0.4 is 19.8 Å². The fourth-order valence-electron chi connectivity index (χ4n) is 8.62. The lowest BCUT2D eigenvalue weighted by molar-refractivity contribution is -0.384. The molecular formula is C49H52ClN7O7S2. The molecule has 0 saturated carbocycles. The number of thioether (sulfide) groups is 1. The van der Waals surface area contributed by atoms with Crippen LogP contribution >= 0.6 is 23.4 Å². The molecule has 344 valence electrons. The number of anilines is 4. The second-order valence-electron chi connectivity index (χ2n) is 16.6. The fraction of sp³-hybridized carbons (Fsp3) is 0.286. The van der Waals surface area contributed by atoms with Crippen LogP contribution in [0.25, 0.3) is 22.3 Å². The van der Waals surface area contributed by atoms with Gasteiger partial charge in [0.1, 0.15) is 11.4 Å². The number of carboxylic acids is 1. The first-order chi connectivity index (χ1) is 31.8. The van der Waals surface area contributed by atoms with Crippen molar-refractivity contribution in [2.24, 2.45) is 7.05 Å². The normalized spacial score (nSPS) is 15.4. The number of nitro benzene ring substituents is 1. The Labute approximate surface area is 394 Å². The first-order valence-corrected chi connectivity index (χ1v) is 24.7. The Morgan fingerprint density at radius 2 is 1.53 bits per heavy atom. The Morgan fingerprint density at radius 1 is 0.848 bits per heavy atom. The third kappa shape index (κ3) is 11.1. The highest BCUT2D eigenvalue weighted by atomic mass is 35.5. The molecule has 2 aliphatic rings. The monoisotopic (exact) mass is 949 g/mol. The van der Waals surface area contributed by atoms with E-state index < -0.39 is 20.9 Å². The lowest BCUT2D eigenvalue weighted by atomic mass is 9.96. The minimum absolute atomic E-state index is 0.155. The maximum atomic E-state index is 13.7. The van der Waals surface area contributed by atoms with E-state index in [2.05, 4.69) is 24.7 Å². The van der Waals surface area contributed by atoms with Gasteiger partial charge in [-0.05, 0) is 103 Å². The first kappa shape index (κ1) is 46.5. The van der Waals surface area contributed by atoms with Crippen molar-refractivity contribution in [1.82, 2.24) is 9.47 Å². The van der Waals surface area contributed by atoms with Crippen LogP contribution in [0.4, 0.5) is 28.4 Å². The van der Waals surface area contributed by atoms with Gasteiger partial charge in [-0.25, -0.2) is 13.2 Å². The zero-order chi connectivity index (χ0) is 46.4. The number of nitro groups is 1. The summed E-state index contributed by atoms with van der Waals surface area (Å²) < 4.78 is 31.6. The smallest absolute Gasteiger partial charge is 0.353 e. The number of aromatic nitrogens is 1. The summed E-state index contributed by atoms with van der Waals surface area (Å²) in [5.41, 5.74) is 5.41. The average molecular weight is 951 g/mol. The summed E-state index contributed by atoms with van der Waals surface area (Å²) in [6.07, 6.45) is 3.69. The van der Waals surface area contributed by atoms with Gasteiger partial charge in [-0.3, -0.25) is 14.8 Å². The number of rotatable bonds is 17. The number of piperidine rings is 1. The van der Waals surface area contributed by atoms with E-state index in [1.54, 1.807) is 47.6 Å². The Morgan fingerprint density at radius 3 is 2.20 bits per heavy atom. The molecule has 6 aromatic rings. The minimum Gasteiger partial charge on any atom is -0.477 e. The molecule has 2 aliphatic heterocycles. The van der Waals surface area contributed by atoms with Gasteiger partial charge in [0.05, 0.1) is 15.9 Å². The Hall–Kier alpha value is -6.04. The summed E-state index contributed by atoms with van der Waals surface area (Å²) >= 11 is 7.81. The summed E-state index contributed by atoms with van der Waals surface area (Å²) in [6.45, 7) is 5.11. The van der Waals surface area contributed by atoms with Gasteiger partial charge in [-0.2, -0.15) is 0 Å². The van der Waals surface area contributed by atoms with Gasteiger partial charge in [0.2, 0.25) is 0 Å². The molecule has 1 aromatic heterocycles. The van der Waals surface area contributed by atoms with Crippen LogP contribution in [-0.2, 0) is 17.1 Å². The highest BCUT2D eigenvalue weighted by Gasteiger charge is 2.27. The van der Waals surface area contributed by atoms with E-state index in [1.807, 2.05) is 85.1 Å². The maximum absolute atomic E-state index is 13.7. The van der Waals surface area contributed by atoms with Gasteiger partial charge in [0, 0.05) is 115 Å². The van der Waals surface area contributed by atoms with Crippen LogP contribution in [0.2, 0.25) is 5.02 Å². The number of hydrogen-bond donors (Lipinski definition) is 4. The number of aromatic carboxylic acids is 1. The molecule has 0 spiro atoms. The number of likely N-dealkylation sites (tertiary alicyclic amines) is 1. The van der Waals surface area contributed by atoms with Crippen molar-refractivity contribution in [2.75, 3.05) is 71.4 Å². The number of aryl methyl sites for hydroxylation is 1. The number of benzene rings is 5. The predicted octanol–water partition coefficient (Wildman–Crippen LogP) is 9.17. The molecule has 17 heteroatoms. The molecule has 0 bridgehead atoms. The van der Waals surface area contributed by atoms with Crippen molar-refractivity contribution in [1.29, 1.82) is 0 Å². The standard InChI is InChI=1S/C49H52ClN7O7S2/c1-53-32-44(34-10-12-36(50)13-11-34)47(48(53)49(59)60)35-6-5-7-40(30-35)56-28-26-55(27-29-56)39-16-14-37(15-17-39)52-66(63,64)43-18-19-45(46(31-43)57(61)62)51-38(33-65-42-8-3-2-4-9-42)20-23-54-24-21-41(58)22-25-54/h2-19,30-32,38,41,51-52,58H,20-29,33H2,1H3,(H,59,60). The topological polar surface area (TPSA) is 174 Å². The predicted molar refractivity (Wildman–Crippen MR) is 264 cm³/mol.